The summed E-state index contributed by atoms with van der Waals surface area (Å²) in [6, 6.07) is 16.1. The molecule has 0 bridgehead atoms. The molecule has 8 nitrogen and oxygen atoms in total. The number of nitrogens with two attached hydrogens (primary N) is 1. The summed E-state index contributed by atoms with van der Waals surface area (Å²) in [7, 11) is -3.84. The van der Waals surface area contributed by atoms with Crippen molar-refractivity contribution in [1.82, 2.24) is 9.73 Å². The van der Waals surface area contributed by atoms with Crippen LogP contribution in [0.4, 0.5) is 4.79 Å². The summed E-state index contributed by atoms with van der Waals surface area (Å²) in [6.45, 7) is 2.11. The van der Waals surface area contributed by atoms with Crippen LogP contribution < -0.4 is 11.2 Å². The molecular formula is C21H21ClN4O4S. The van der Waals surface area contributed by atoms with Gasteiger partial charge in [-0.15, -0.1) is 0 Å². The summed E-state index contributed by atoms with van der Waals surface area (Å²) in [5.74, 6) is 0.744. The average Bonchev–Trinajstić information content (AvgIpc) is 3.16. The van der Waals surface area contributed by atoms with Gasteiger partial charge in [0.25, 0.3) is 0 Å². The summed E-state index contributed by atoms with van der Waals surface area (Å²) >= 11 is 5.91. The lowest BCUT2D eigenvalue weighted by Crippen LogP contribution is -2.30. The van der Waals surface area contributed by atoms with Gasteiger partial charge in [-0.1, -0.05) is 41.4 Å². The molecule has 31 heavy (non-hydrogen) atoms. The Morgan fingerprint density at radius 2 is 1.77 bits per heavy atom. The maximum atomic E-state index is 13.3. The predicted octanol–water partition coefficient (Wildman–Crippen LogP) is 3.63. The zero-order valence-corrected chi connectivity index (χ0v) is 18.2. The lowest BCUT2D eigenvalue weighted by Gasteiger charge is -2.21. The summed E-state index contributed by atoms with van der Waals surface area (Å²) in [5, 5.41) is 4.07. The number of rotatable bonds is 8. The van der Waals surface area contributed by atoms with E-state index in [1.54, 1.807) is 12.1 Å². The molecule has 3 N–H and O–H groups in total. The number of carbonyl (C=O) groups is 1. The fourth-order valence-corrected chi connectivity index (χ4v) is 4.28. The molecule has 0 spiro atoms. The number of carbonyl (C=O) groups excluding carboxylic acids is 1. The highest BCUT2D eigenvalue weighted by atomic mass is 35.5. The Bertz CT molecular complexity index is 1170. The van der Waals surface area contributed by atoms with E-state index in [4.69, 9.17) is 21.8 Å². The average molecular weight is 461 g/mol. The number of benzene rings is 2. The summed E-state index contributed by atoms with van der Waals surface area (Å²) in [4.78, 5) is 10.8. The SMILES string of the molecule is Cc1ccc(CN(Cc2ccc(/C=N\NC(N)=O)o2)S(=O)(=O)c2ccc(Cl)cc2)cc1. The van der Waals surface area contributed by atoms with E-state index in [2.05, 4.69) is 10.5 Å². The number of nitrogens with zero attached hydrogens (tertiary/aromatic N) is 2. The Kier molecular flexibility index (Phi) is 7.11. The number of amides is 2. The van der Waals surface area contributed by atoms with Crippen molar-refractivity contribution in [2.75, 3.05) is 0 Å². The number of aryl methyl sites for hydroxylation is 1. The number of urea groups is 1. The monoisotopic (exact) mass is 460 g/mol. The molecule has 10 heteroatoms. The van der Waals surface area contributed by atoms with Crippen LogP contribution in [0.15, 0.2) is 75.1 Å². The van der Waals surface area contributed by atoms with E-state index < -0.39 is 16.1 Å². The highest BCUT2D eigenvalue weighted by Crippen LogP contribution is 2.23. The smallest absolute Gasteiger partial charge is 0.332 e. The van der Waals surface area contributed by atoms with Gasteiger partial charge in [-0.3, -0.25) is 0 Å². The molecule has 0 aliphatic carbocycles. The standard InChI is InChI=1S/C21H21ClN4O4S/c1-15-2-4-16(5-3-15)13-26(31(28,29)20-10-6-17(22)7-11-20)14-19-9-8-18(30-19)12-24-25-21(23)27/h2-12H,13-14H2,1H3,(H3,23,25,27)/b24-12-. The van der Waals surface area contributed by atoms with E-state index >= 15 is 0 Å². The Labute approximate surface area is 185 Å². The summed E-state index contributed by atoms with van der Waals surface area (Å²) in [6.07, 6.45) is 1.27. The van der Waals surface area contributed by atoms with Crippen molar-refractivity contribution in [3.63, 3.8) is 0 Å². The number of sulfonamides is 1. The van der Waals surface area contributed by atoms with E-state index in [0.717, 1.165) is 11.1 Å². The molecule has 0 fully saturated rings. The second-order valence-electron chi connectivity index (χ2n) is 6.75. The minimum atomic E-state index is -3.84. The first-order chi connectivity index (χ1) is 14.7. The second kappa shape index (κ2) is 9.78. The molecule has 0 atom stereocenters. The molecule has 3 aromatic rings. The summed E-state index contributed by atoms with van der Waals surface area (Å²) < 4.78 is 33.6. The predicted molar refractivity (Wildman–Crippen MR) is 118 cm³/mol. The number of furan rings is 1. The Morgan fingerprint density at radius 1 is 1.10 bits per heavy atom. The number of hydrazone groups is 1. The molecule has 2 aromatic carbocycles. The topological polar surface area (TPSA) is 118 Å². The zero-order chi connectivity index (χ0) is 22.4. The second-order valence-corrected chi connectivity index (χ2v) is 9.13. The van der Waals surface area contributed by atoms with Crippen molar-refractivity contribution >= 4 is 33.9 Å². The molecule has 0 aliphatic heterocycles. The normalized spacial score (nSPS) is 11.8. The van der Waals surface area contributed by atoms with E-state index in [1.165, 1.54) is 34.8 Å². The molecule has 1 heterocycles. The van der Waals surface area contributed by atoms with Gasteiger partial charge in [0.1, 0.15) is 11.5 Å². The molecule has 3 rings (SSSR count). The molecule has 2 amide bonds. The van der Waals surface area contributed by atoms with Crippen LogP contribution in [0, 0.1) is 6.92 Å². The lowest BCUT2D eigenvalue weighted by molar-refractivity contribution is 0.249. The molecule has 0 aliphatic rings. The van der Waals surface area contributed by atoms with Crippen molar-refractivity contribution in [2.45, 2.75) is 24.9 Å². The third-order valence-corrected chi connectivity index (χ3v) is 6.37. The minimum Gasteiger partial charge on any atom is -0.459 e. The van der Waals surface area contributed by atoms with Crippen molar-refractivity contribution in [3.8, 4) is 0 Å². The number of primary amides is 1. The van der Waals surface area contributed by atoms with Gasteiger partial charge >= 0.3 is 6.03 Å². The van der Waals surface area contributed by atoms with Gasteiger partial charge < -0.3 is 10.2 Å². The van der Waals surface area contributed by atoms with Crippen LogP contribution in [0.25, 0.3) is 0 Å². The molecule has 0 saturated heterocycles. The Hall–Kier alpha value is -3.14. The maximum Gasteiger partial charge on any atom is 0.332 e. The van der Waals surface area contributed by atoms with Gasteiger partial charge in [-0.05, 0) is 48.9 Å². The van der Waals surface area contributed by atoms with E-state index in [1.807, 2.05) is 31.2 Å². The first kappa shape index (κ1) is 22.5. The largest absolute Gasteiger partial charge is 0.459 e. The van der Waals surface area contributed by atoms with Crippen LogP contribution in [0.2, 0.25) is 5.02 Å². The third-order valence-electron chi connectivity index (χ3n) is 4.31. The highest BCUT2D eigenvalue weighted by Gasteiger charge is 2.26. The first-order valence-electron chi connectivity index (χ1n) is 9.22. The fourth-order valence-electron chi connectivity index (χ4n) is 2.76. The number of hydrogen-bond acceptors (Lipinski definition) is 5. The van der Waals surface area contributed by atoms with Gasteiger partial charge in [-0.2, -0.15) is 9.41 Å². The van der Waals surface area contributed by atoms with Gasteiger partial charge in [0, 0.05) is 11.6 Å². The van der Waals surface area contributed by atoms with Crippen LogP contribution in [0.3, 0.4) is 0 Å². The van der Waals surface area contributed by atoms with Crippen LogP contribution in [0.1, 0.15) is 22.6 Å². The van der Waals surface area contributed by atoms with Crippen LogP contribution in [-0.2, 0) is 23.1 Å². The van der Waals surface area contributed by atoms with Gasteiger partial charge in [0.2, 0.25) is 10.0 Å². The van der Waals surface area contributed by atoms with Gasteiger partial charge in [-0.25, -0.2) is 18.6 Å². The van der Waals surface area contributed by atoms with Crippen molar-refractivity contribution in [3.05, 3.63) is 88.3 Å². The van der Waals surface area contributed by atoms with Gasteiger partial charge in [0.05, 0.1) is 17.7 Å². The quantitative estimate of drug-likeness (QED) is 0.394. The van der Waals surface area contributed by atoms with E-state index in [-0.39, 0.29) is 18.0 Å². The highest BCUT2D eigenvalue weighted by molar-refractivity contribution is 7.89. The third kappa shape index (κ3) is 6.17. The fraction of sp³-hybridized carbons (Fsp3) is 0.143. The van der Waals surface area contributed by atoms with Crippen LogP contribution in [-0.4, -0.2) is 25.0 Å². The molecule has 0 unspecified atom stereocenters. The Morgan fingerprint density at radius 3 is 2.42 bits per heavy atom. The number of nitrogens with one attached hydrogen (secondary N) is 1. The van der Waals surface area contributed by atoms with Crippen LogP contribution in [0.5, 0.6) is 0 Å². The summed E-state index contributed by atoms with van der Waals surface area (Å²) in [5.41, 5.74) is 8.92. The number of halogens is 1. The van der Waals surface area contributed by atoms with E-state index in [0.29, 0.717) is 16.5 Å². The Balaban J connectivity index is 1.88. The molecular weight excluding hydrogens is 440 g/mol. The lowest BCUT2D eigenvalue weighted by atomic mass is 10.1. The number of hydrogen-bond donors (Lipinski definition) is 2. The first-order valence-corrected chi connectivity index (χ1v) is 11.0. The molecule has 0 radical (unpaired) electrons. The molecule has 162 valence electrons. The molecule has 0 saturated carbocycles. The van der Waals surface area contributed by atoms with E-state index in [9.17, 15) is 13.2 Å². The zero-order valence-electron chi connectivity index (χ0n) is 16.7. The van der Waals surface area contributed by atoms with Crippen LogP contribution >= 0.6 is 11.6 Å². The van der Waals surface area contributed by atoms with Crippen molar-refractivity contribution < 1.29 is 17.6 Å². The minimum absolute atomic E-state index is 0.00404. The molecule has 1 aromatic heterocycles. The van der Waals surface area contributed by atoms with Crippen molar-refractivity contribution in [2.24, 2.45) is 10.8 Å². The van der Waals surface area contributed by atoms with Gasteiger partial charge in [0.15, 0.2) is 0 Å². The maximum absolute atomic E-state index is 13.3. The van der Waals surface area contributed by atoms with Crippen molar-refractivity contribution in [1.29, 1.82) is 0 Å².